The number of hydrogen-bond donors (Lipinski definition) is 1. The Bertz CT molecular complexity index is 365. The highest BCUT2D eigenvalue weighted by atomic mass is 16.5. The van der Waals surface area contributed by atoms with Crippen molar-refractivity contribution in [3.8, 4) is 0 Å². The summed E-state index contributed by atoms with van der Waals surface area (Å²) in [6.45, 7) is 3.09. The van der Waals surface area contributed by atoms with E-state index in [1.165, 1.54) is 6.92 Å². The van der Waals surface area contributed by atoms with Crippen LogP contribution in [0.3, 0.4) is 0 Å². The van der Waals surface area contributed by atoms with E-state index in [4.69, 9.17) is 4.74 Å². The van der Waals surface area contributed by atoms with Gasteiger partial charge < -0.3 is 9.84 Å². The minimum atomic E-state index is -0.248. The van der Waals surface area contributed by atoms with Crippen LogP contribution in [0.25, 0.3) is 0 Å². The van der Waals surface area contributed by atoms with Crippen molar-refractivity contribution in [1.29, 1.82) is 0 Å². The second kappa shape index (κ2) is 3.71. The molecule has 1 aromatic heterocycles. The SMILES string of the molecule is CC(=O)c1cn(CC2(CO)COC2)nn1. The van der Waals surface area contributed by atoms with E-state index in [-0.39, 0.29) is 17.8 Å². The third-order valence-electron chi connectivity index (χ3n) is 2.55. The van der Waals surface area contributed by atoms with E-state index in [2.05, 4.69) is 10.3 Å². The van der Waals surface area contributed by atoms with Crippen LogP contribution in [0.1, 0.15) is 17.4 Å². The van der Waals surface area contributed by atoms with Gasteiger partial charge in [0.25, 0.3) is 0 Å². The quantitative estimate of drug-likeness (QED) is 0.679. The summed E-state index contributed by atoms with van der Waals surface area (Å²) in [6.07, 6.45) is 1.60. The third-order valence-corrected chi connectivity index (χ3v) is 2.55. The monoisotopic (exact) mass is 211 g/mol. The molecule has 0 saturated carbocycles. The van der Waals surface area contributed by atoms with Crippen molar-refractivity contribution in [3.05, 3.63) is 11.9 Å². The third kappa shape index (κ3) is 1.91. The van der Waals surface area contributed by atoms with Crippen LogP contribution in [0.2, 0.25) is 0 Å². The van der Waals surface area contributed by atoms with Gasteiger partial charge >= 0.3 is 0 Å². The molecule has 2 heterocycles. The van der Waals surface area contributed by atoms with Crippen molar-refractivity contribution in [1.82, 2.24) is 15.0 Å². The van der Waals surface area contributed by atoms with Crippen molar-refractivity contribution < 1.29 is 14.6 Å². The van der Waals surface area contributed by atoms with Crippen molar-refractivity contribution in [2.75, 3.05) is 19.8 Å². The molecule has 6 heteroatoms. The molecule has 0 unspecified atom stereocenters. The van der Waals surface area contributed by atoms with Crippen molar-refractivity contribution in [2.24, 2.45) is 5.41 Å². The first-order chi connectivity index (χ1) is 7.15. The lowest BCUT2D eigenvalue weighted by Crippen LogP contribution is -2.48. The lowest BCUT2D eigenvalue weighted by molar-refractivity contribution is -0.146. The smallest absolute Gasteiger partial charge is 0.181 e. The van der Waals surface area contributed by atoms with E-state index >= 15 is 0 Å². The Hall–Kier alpha value is -1.27. The molecule has 1 saturated heterocycles. The van der Waals surface area contributed by atoms with Crippen molar-refractivity contribution in [2.45, 2.75) is 13.5 Å². The number of Topliss-reactive ketones (excluding diaryl/α,β-unsaturated/α-hetero) is 1. The molecule has 1 aliphatic rings. The van der Waals surface area contributed by atoms with Crippen LogP contribution in [0.4, 0.5) is 0 Å². The number of aromatic nitrogens is 3. The van der Waals surface area contributed by atoms with Crippen molar-refractivity contribution in [3.63, 3.8) is 0 Å². The van der Waals surface area contributed by atoms with Gasteiger partial charge in [0.1, 0.15) is 5.69 Å². The Balaban J connectivity index is 2.07. The second-order valence-corrected chi connectivity index (χ2v) is 4.01. The number of aliphatic hydroxyl groups excluding tert-OH is 1. The van der Waals surface area contributed by atoms with Crippen LogP contribution in [0.15, 0.2) is 6.20 Å². The van der Waals surface area contributed by atoms with Gasteiger partial charge in [-0.05, 0) is 0 Å². The zero-order valence-electron chi connectivity index (χ0n) is 8.51. The molecule has 0 aromatic carbocycles. The summed E-state index contributed by atoms with van der Waals surface area (Å²) in [5, 5.41) is 16.8. The van der Waals surface area contributed by atoms with Gasteiger partial charge in [0, 0.05) is 6.92 Å². The van der Waals surface area contributed by atoms with Crippen LogP contribution in [0, 0.1) is 5.41 Å². The number of ketones is 1. The zero-order chi connectivity index (χ0) is 10.9. The first-order valence-electron chi connectivity index (χ1n) is 4.75. The number of ether oxygens (including phenoxy) is 1. The van der Waals surface area contributed by atoms with Crippen LogP contribution >= 0.6 is 0 Å². The van der Waals surface area contributed by atoms with Gasteiger partial charge in [0.15, 0.2) is 5.78 Å². The fraction of sp³-hybridized carbons (Fsp3) is 0.667. The summed E-state index contributed by atoms with van der Waals surface area (Å²) in [5.74, 6) is -0.107. The molecule has 0 bridgehead atoms. The van der Waals surface area contributed by atoms with Gasteiger partial charge in [-0.1, -0.05) is 5.21 Å². The predicted octanol–water partition coefficient (Wildman–Crippen LogP) is -0.510. The molecule has 0 aliphatic carbocycles. The maximum Gasteiger partial charge on any atom is 0.181 e. The van der Waals surface area contributed by atoms with E-state index in [0.717, 1.165) is 0 Å². The van der Waals surface area contributed by atoms with E-state index < -0.39 is 0 Å². The van der Waals surface area contributed by atoms with Crippen LogP contribution in [-0.4, -0.2) is 45.7 Å². The lowest BCUT2D eigenvalue weighted by atomic mass is 9.87. The fourth-order valence-corrected chi connectivity index (χ4v) is 1.50. The molecule has 1 N–H and O–H groups in total. The largest absolute Gasteiger partial charge is 0.396 e. The highest BCUT2D eigenvalue weighted by Crippen LogP contribution is 2.28. The molecule has 6 nitrogen and oxygen atoms in total. The van der Waals surface area contributed by atoms with Crippen LogP contribution in [-0.2, 0) is 11.3 Å². The molecule has 1 fully saturated rings. The van der Waals surface area contributed by atoms with Gasteiger partial charge in [-0.25, -0.2) is 0 Å². The number of carbonyl (C=O) groups excluding carboxylic acids is 1. The van der Waals surface area contributed by atoms with Gasteiger partial charge in [-0.3, -0.25) is 9.48 Å². The molecule has 2 rings (SSSR count). The average molecular weight is 211 g/mol. The maximum absolute atomic E-state index is 11.0. The Morgan fingerprint density at radius 2 is 2.47 bits per heavy atom. The number of rotatable bonds is 4. The zero-order valence-corrected chi connectivity index (χ0v) is 8.51. The first-order valence-corrected chi connectivity index (χ1v) is 4.75. The Labute approximate surface area is 86.8 Å². The van der Waals surface area contributed by atoms with Gasteiger partial charge in [0.2, 0.25) is 0 Å². The number of carbonyl (C=O) groups is 1. The highest BCUT2D eigenvalue weighted by Gasteiger charge is 2.38. The Morgan fingerprint density at radius 3 is 2.87 bits per heavy atom. The van der Waals surface area contributed by atoms with Gasteiger partial charge in [-0.2, -0.15) is 0 Å². The number of hydrogen-bond acceptors (Lipinski definition) is 5. The van der Waals surface area contributed by atoms with Gasteiger partial charge in [-0.15, -0.1) is 5.10 Å². The molecule has 1 aromatic rings. The second-order valence-electron chi connectivity index (χ2n) is 4.01. The van der Waals surface area contributed by atoms with Crippen LogP contribution in [0.5, 0.6) is 0 Å². The molecule has 0 amide bonds. The molecular formula is C9H13N3O3. The maximum atomic E-state index is 11.0. The predicted molar refractivity (Wildman–Crippen MR) is 50.4 cm³/mol. The summed E-state index contributed by atoms with van der Waals surface area (Å²) in [4.78, 5) is 11.0. The summed E-state index contributed by atoms with van der Waals surface area (Å²) >= 11 is 0. The summed E-state index contributed by atoms with van der Waals surface area (Å²) < 4.78 is 6.65. The molecule has 82 valence electrons. The topological polar surface area (TPSA) is 77.2 Å². The lowest BCUT2D eigenvalue weighted by Gasteiger charge is -2.39. The van der Waals surface area contributed by atoms with Crippen LogP contribution < -0.4 is 0 Å². The molecule has 0 spiro atoms. The van der Waals surface area contributed by atoms with E-state index in [9.17, 15) is 9.90 Å². The minimum Gasteiger partial charge on any atom is -0.396 e. The van der Waals surface area contributed by atoms with E-state index in [1.807, 2.05) is 0 Å². The summed E-state index contributed by atoms with van der Waals surface area (Å²) in [5.41, 5.74) is 0.102. The molecule has 1 aliphatic heterocycles. The first kappa shape index (κ1) is 10.3. The summed E-state index contributed by atoms with van der Waals surface area (Å²) in [7, 11) is 0. The molecule has 15 heavy (non-hydrogen) atoms. The Morgan fingerprint density at radius 1 is 1.73 bits per heavy atom. The molecular weight excluding hydrogens is 198 g/mol. The van der Waals surface area contributed by atoms with E-state index in [0.29, 0.717) is 25.5 Å². The van der Waals surface area contributed by atoms with Gasteiger partial charge in [0.05, 0.1) is 38.0 Å². The van der Waals surface area contributed by atoms with E-state index in [1.54, 1.807) is 10.9 Å². The van der Waals surface area contributed by atoms with Crippen molar-refractivity contribution >= 4 is 5.78 Å². The minimum absolute atomic E-state index is 0.0578. The Kier molecular flexibility index (Phi) is 2.54. The number of nitrogens with zero attached hydrogens (tertiary/aromatic N) is 3. The summed E-state index contributed by atoms with van der Waals surface area (Å²) in [6, 6.07) is 0. The fourth-order valence-electron chi connectivity index (χ4n) is 1.50. The molecule has 0 atom stereocenters. The highest BCUT2D eigenvalue weighted by molar-refractivity contribution is 5.91. The average Bonchev–Trinajstić information content (AvgIpc) is 2.59. The normalized spacial score (nSPS) is 18.5. The standard InChI is InChI=1S/C9H13N3O3/c1-7(14)8-2-12(11-10-8)3-9(4-13)5-15-6-9/h2,13H,3-6H2,1H3. The molecule has 0 radical (unpaired) electrons. The number of aliphatic hydroxyl groups is 1.